The molecule has 12 heteroatoms. The van der Waals surface area contributed by atoms with Gasteiger partial charge in [0.15, 0.2) is 10.9 Å². The van der Waals surface area contributed by atoms with Crippen LogP contribution >= 0.6 is 22.9 Å². The van der Waals surface area contributed by atoms with E-state index in [2.05, 4.69) is 31.9 Å². The molecule has 0 amide bonds. The number of ether oxygens (including phenoxy) is 1. The summed E-state index contributed by atoms with van der Waals surface area (Å²) in [5, 5.41) is 10.5. The summed E-state index contributed by atoms with van der Waals surface area (Å²) in [6.07, 6.45) is 2.99. The number of rotatable bonds is 10. The molecule has 0 bridgehead atoms. The molecule has 33 heavy (non-hydrogen) atoms. The molecule has 0 aliphatic carbocycles. The Morgan fingerprint density at radius 1 is 1.24 bits per heavy atom. The molecule has 2 aromatic heterocycles. The molecule has 2 aromatic carbocycles. The average molecular weight is 507 g/mol. The average Bonchev–Trinajstić information content (AvgIpc) is 3.45. The third-order valence-corrected chi connectivity index (χ3v) is 7.09. The molecule has 4 aromatic rings. The summed E-state index contributed by atoms with van der Waals surface area (Å²) in [7, 11) is -2.02. The Labute approximate surface area is 201 Å². The van der Waals surface area contributed by atoms with Crippen LogP contribution in [0.25, 0.3) is 10.9 Å². The van der Waals surface area contributed by atoms with Gasteiger partial charge in [-0.2, -0.15) is 13.5 Å². The van der Waals surface area contributed by atoms with Gasteiger partial charge in [0.1, 0.15) is 5.75 Å². The number of anilines is 2. The Hall–Kier alpha value is -2.86. The lowest BCUT2D eigenvalue weighted by Gasteiger charge is -2.23. The molecule has 0 atom stereocenters. The highest BCUT2D eigenvalue weighted by Gasteiger charge is 2.21. The largest absolute Gasteiger partial charge is 0.454 e. The molecule has 0 spiro atoms. The van der Waals surface area contributed by atoms with Crippen LogP contribution in [0.1, 0.15) is 6.92 Å². The van der Waals surface area contributed by atoms with Gasteiger partial charge in [-0.25, -0.2) is 9.71 Å². The van der Waals surface area contributed by atoms with Gasteiger partial charge in [-0.05, 0) is 36.9 Å². The van der Waals surface area contributed by atoms with Crippen molar-refractivity contribution in [3.05, 3.63) is 59.2 Å². The van der Waals surface area contributed by atoms with Crippen molar-refractivity contribution in [2.75, 3.05) is 36.3 Å². The summed E-state index contributed by atoms with van der Waals surface area (Å²) in [5.74, 6) is 1.08. The van der Waals surface area contributed by atoms with Crippen LogP contribution in [0.3, 0.4) is 0 Å². The van der Waals surface area contributed by atoms with Gasteiger partial charge in [-0.15, -0.1) is 15.4 Å². The maximum Gasteiger partial charge on any atom is 0.345 e. The Balaban J connectivity index is 1.66. The monoisotopic (exact) mass is 506 g/mol. The molecule has 0 unspecified atom stereocenters. The van der Waals surface area contributed by atoms with Gasteiger partial charge in [0.2, 0.25) is 0 Å². The number of benzene rings is 2. The van der Waals surface area contributed by atoms with E-state index in [0.717, 1.165) is 29.4 Å². The third-order valence-electron chi connectivity index (χ3n) is 4.84. The number of halogens is 1. The number of likely N-dealkylation sites (N-methyl/N-ethyl adjacent to an activating group) is 2. The zero-order chi connectivity index (χ0) is 23.4. The van der Waals surface area contributed by atoms with Crippen molar-refractivity contribution < 1.29 is 13.2 Å². The maximum absolute atomic E-state index is 12.8. The highest BCUT2D eigenvalue weighted by Crippen LogP contribution is 2.37. The van der Waals surface area contributed by atoms with E-state index in [-0.39, 0.29) is 5.13 Å². The molecule has 2 N–H and O–H groups in total. The van der Waals surface area contributed by atoms with Crippen LogP contribution in [-0.2, 0) is 10.2 Å². The van der Waals surface area contributed by atoms with Gasteiger partial charge < -0.3 is 15.0 Å². The molecule has 0 fully saturated rings. The van der Waals surface area contributed by atoms with Crippen LogP contribution in [0.2, 0.25) is 5.02 Å². The first-order valence-corrected chi connectivity index (χ1v) is 12.9. The van der Waals surface area contributed by atoms with E-state index in [1.165, 1.54) is 23.7 Å². The Morgan fingerprint density at radius 2 is 2.09 bits per heavy atom. The molecule has 0 aliphatic rings. The number of aromatic nitrogens is 3. The Kier molecular flexibility index (Phi) is 7.03. The second-order valence-corrected chi connectivity index (χ2v) is 9.94. The van der Waals surface area contributed by atoms with Crippen LogP contribution < -0.4 is 19.7 Å². The maximum atomic E-state index is 12.8. The predicted octanol–water partition coefficient (Wildman–Crippen LogP) is 4.19. The van der Waals surface area contributed by atoms with E-state index >= 15 is 0 Å². The summed E-state index contributed by atoms with van der Waals surface area (Å²) in [6, 6.07) is 10.6. The van der Waals surface area contributed by atoms with Crippen molar-refractivity contribution in [2.45, 2.75) is 6.92 Å². The minimum Gasteiger partial charge on any atom is -0.454 e. The number of hydrogen-bond donors (Lipinski definition) is 2. The molecule has 0 radical (unpaired) electrons. The molecule has 0 aliphatic heterocycles. The molecule has 0 saturated heterocycles. The van der Waals surface area contributed by atoms with Gasteiger partial charge in [0, 0.05) is 36.7 Å². The minimum atomic E-state index is -3.98. The first kappa shape index (κ1) is 23.3. The predicted molar refractivity (Wildman–Crippen MR) is 133 cm³/mol. The van der Waals surface area contributed by atoms with Gasteiger partial charge in [-0.1, -0.05) is 24.6 Å². The van der Waals surface area contributed by atoms with E-state index in [1.807, 2.05) is 13.1 Å². The van der Waals surface area contributed by atoms with Crippen LogP contribution in [0, 0.1) is 0 Å². The standard InChI is InChI=1S/C21H23ClN6O3S2/c1-3-23-9-11-27(2)18-13-15(22)7-8-20(18)31-19-6-4-5-17-16(19)14-25-28(17)33(29,30)26-21-24-10-12-32-21/h4-8,10,12-14,23H,3,9,11H2,1-2H3,(H,24,26). The summed E-state index contributed by atoms with van der Waals surface area (Å²) in [4.78, 5) is 6.02. The van der Waals surface area contributed by atoms with Crippen molar-refractivity contribution >= 4 is 54.9 Å². The van der Waals surface area contributed by atoms with Crippen LogP contribution in [0.4, 0.5) is 10.8 Å². The van der Waals surface area contributed by atoms with Crippen LogP contribution in [0.15, 0.2) is 54.2 Å². The van der Waals surface area contributed by atoms with Gasteiger partial charge in [0.05, 0.1) is 22.8 Å². The van der Waals surface area contributed by atoms with Crippen molar-refractivity contribution in [1.29, 1.82) is 0 Å². The quantitative estimate of drug-likeness (QED) is 0.311. The smallest absolute Gasteiger partial charge is 0.345 e. The number of nitrogens with one attached hydrogen (secondary N) is 2. The molecular formula is C21H23ClN6O3S2. The topological polar surface area (TPSA) is 101 Å². The SMILES string of the molecule is CCNCCN(C)c1cc(Cl)ccc1Oc1cccc2c1cnn2S(=O)(=O)Nc1nccs1. The van der Waals surface area contributed by atoms with Gasteiger partial charge >= 0.3 is 10.2 Å². The number of nitrogens with zero attached hydrogens (tertiary/aromatic N) is 4. The molecule has 2 heterocycles. The first-order chi connectivity index (χ1) is 15.9. The van der Waals surface area contributed by atoms with E-state index in [0.29, 0.717) is 27.4 Å². The molecule has 174 valence electrons. The number of hydrogen-bond acceptors (Lipinski definition) is 8. The minimum absolute atomic E-state index is 0.262. The van der Waals surface area contributed by atoms with Gasteiger partial charge in [0.25, 0.3) is 0 Å². The normalized spacial score (nSPS) is 11.6. The highest BCUT2D eigenvalue weighted by molar-refractivity contribution is 7.91. The van der Waals surface area contributed by atoms with Gasteiger partial charge in [-0.3, -0.25) is 0 Å². The summed E-state index contributed by atoms with van der Waals surface area (Å²) in [5.41, 5.74) is 1.20. The van der Waals surface area contributed by atoms with E-state index in [9.17, 15) is 8.42 Å². The third kappa shape index (κ3) is 5.22. The van der Waals surface area contributed by atoms with E-state index in [4.69, 9.17) is 16.3 Å². The van der Waals surface area contributed by atoms with Crippen molar-refractivity contribution in [1.82, 2.24) is 19.5 Å². The molecule has 9 nitrogen and oxygen atoms in total. The molecular weight excluding hydrogens is 484 g/mol. The first-order valence-electron chi connectivity index (χ1n) is 10.2. The fourth-order valence-electron chi connectivity index (χ4n) is 3.25. The summed E-state index contributed by atoms with van der Waals surface area (Å²) < 4.78 is 35.3. The zero-order valence-electron chi connectivity index (χ0n) is 18.0. The van der Waals surface area contributed by atoms with Crippen molar-refractivity contribution in [2.24, 2.45) is 0 Å². The fraction of sp³-hybridized carbons (Fsp3) is 0.238. The van der Waals surface area contributed by atoms with Crippen LogP contribution in [0.5, 0.6) is 11.5 Å². The van der Waals surface area contributed by atoms with Crippen molar-refractivity contribution in [3.63, 3.8) is 0 Å². The zero-order valence-corrected chi connectivity index (χ0v) is 20.4. The number of fused-ring (bicyclic) bond motifs is 1. The second kappa shape index (κ2) is 9.96. The van der Waals surface area contributed by atoms with E-state index in [1.54, 1.807) is 35.7 Å². The fourth-order valence-corrected chi connectivity index (χ4v) is 5.24. The summed E-state index contributed by atoms with van der Waals surface area (Å²) >= 11 is 7.43. The highest BCUT2D eigenvalue weighted by atomic mass is 35.5. The van der Waals surface area contributed by atoms with Crippen molar-refractivity contribution in [3.8, 4) is 11.5 Å². The molecule has 0 saturated carbocycles. The lowest BCUT2D eigenvalue weighted by atomic mass is 10.2. The van der Waals surface area contributed by atoms with E-state index < -0.39 is 10.2 Å². The lowest BCUT2D eigenvalue weighted by Crippen LogP contribution is -2.29. The Bertz CT molecular complexity index is 1340. The Morgan fingerprint density at radius 3 is 2.85 bits per heavy atom. The number of thiazole rings is 1. The van der Waals surface area contributed by atoms with Crippen LogP contribution in [-0.4, -0.2) is 49.3 Å². The summed E-state index contributed by atoms with van der Waals surface area (Å²) in [6.45, 7) is 4.51. The molecule has 4 rings (SSSR count). The lowest BCUT2D eigenvalue weighted by molar-refractivity contribution is 0.487. The second-order valence-electron chi connectivity index (χ2n) is 7.11.